The van der Waals surface area contributed by atoms with Crippen LogP contribution in [-0.2, 0) is 16.1 Å². The molecule has 1 aliphatic heterocycles. The molecule has 1 saturated carbocycles. The van der Waals surface area contributed by atoms with Crippen molar-refractivity contribution in [3.8, 4) is 0 Å². The van der Waals surface area contributed by atoms with Gasteiger partial charge in [-0.1, -0.05) is 30.2 Å². The third kappa shape index (κ3) is 4.66. The SMILES string of the molecule is Cl.NC[C@H]1CCC[C@H]1C(=O)N1CCN(Cc2ccc(Cl)cc2)C(=O)C1. The van der Waals surface area contributed by atoms with Crippen LogP contribution in [0.25, 0.3) is 0 Å². The van der Waals surface area contributed by atoms with Gasteiger partial charge in [0.05, 0.1) is 6.54 Å². The van der Waals surface area contributed by atoms with Crippen molar-refractivity contribution in [1.82, 2.24) is 9.80 Å². The van der Waals surface area contributed by atoms with Gasteiger partial charge in [-0.15, -0.1) is 12.4 Å². The summed E-state index contributed by atoms with van der Waals surface area (Å²) in [4.78, 5) is 28.7. The molecule has 1 saturated heterocycles. The highest BCUT2D eigenvalue weighted by Crippen LogP contribution is 2.32. The van der Waals surface area contributed by atoms with Crippen LogP contribution in [0.4, 0.5) is 0 Å². The van der Waals surface area contributed by atoms with Gasteiger partial charge in [0.15, 0.2) is 0 Å². The lowest BCUT2D eigenvalue weighted by Crippen LogP contribution is -2.53. The van der Waals surface area contributed by atoms with Gasteiger partial charge < -0.3 is 15.5 Å². The van der Waals surface area contributed by atoms with Crippen molar-refractivity contribution >= 4 is 35.8 Å². The summed E-state index contributed by atoms with van der Waals surface area (Å²) in [6.45, 7) is 2.48. The van der Waals surface area contributed by atoms with E-state index in [1.54, 1.807) is 4.90 Å². The van der Waals surface area contributed by atoms with Crippen molar-refractivity contribution in [2.45, 2.75) is 25.8 Å². The van der Waals surface area contributed by atoms with E-state index in [2.05, 4.69) is 0 Å². The molecule has 1 aromatic carbocycles. The Morgan fingerprint density at radius 2 is 1.92 bits per heavy atom. The number of carbonyl (C=O) groups excluding carboxylic acids is 2. The van der Waals surface area contributed by atoms with Crippen LogP contribution < -0.4 is 5.73 Å². The van der Waals surface area contributed by atoms with Crippen LogP contribution in [0.2, 0.25) is 5.02 Å². The van der Waals surface area contributed by atoms with E-state index in [4.69, 9.17) is 17.3 Å². The molecule has 3 rings (SSSR count). The maximum Gasteiger partial charge on any atom is 0.242 e. The molecule has 2 amide bonds. The van der Waals surface area contributed by atoms with Gasteiger partial charge in [-0.2, -0.15) is 0 Å². The Morgan fingerprint density at radius 1 is 1.20 bits per heavy atom. The smallest absolute Gasteiger partial charge is 0.242 e. The van der Waals surface area contributed by atoms with Crippen molar-refractivity contribution in [3.63, 3.8) is 0 Å². The first-order valence-electron chi connectivity index (χ1n) is 8.59. The number of nitrogens with two attached hydrogens (primary N) is 1. The summed E-state index contributed by atoms with van der Waals surface area (Å²) in [5.74, 6) is 0.402. The highest BCUT2D eigenvalue weighted by molar-refractivity contribution is 6.30. The summed E-state index contributed by atoms with van der Waals surface area (Å²) in [5, 5.41) is 0.687. The number of benzene rings is 1. The van der Waals surface area contributed by atoms with Gasteiger partial charge in [0.25, 0.3) is 0 Å². The van der Waals surface area contributed by atoms with Crippen molar-refractivity contribution in [1.29, 1.82) is 0 Å². The summed E-state index contributed by atoms with van der Waals surface area (Å²) in [5.41, 5.74) is 6.83. The van der Waals surface area contributed by atoms with E-state index in [0.29, 0.717) is 31.2 Å². The standard InChI is InChI=1S/C18H24ClN3O2.ClH/c19-15-6-4-13(5-7-15)11-21-8-9-22(12-17(21)23)18(24)16-3-1-2-14(16)10-20;/h4-7,14,16H,1-3,8-12,20H2;1H/t14-,16-;/m1./s1. The topological polar surface area (TPSA) is 66.6 Å². The van der Waals surface area contributed by atoms with Gasteiger partial charge in [0.2, 0.25) is 11.8 Å². The predicted octanol–water partition coefficient (Wildman–Crippen LogP) is 2.31. The Labute approximate surface area is 159 Å². The Hall–Kier alpha value is -1.30. The zero-order valence-electron chi connectivity index (χ0n) is 14.2. The van der Waals surface area contributed by atoms with Gasteiger partial charge >= 0.3 is 0 Å². The van der Waals surface area contributed by atoms with Crippen LogP contribution in [0.15, 0.2) is 24.3 Å². The van der Waals surface area contributed by atoms with Gasteiger partial charge in [-0.25, -0.2) is 0 Å². The van der Waals surface area contributed by atoms with E-state index in [-0.39, 0.29) is 42.6 Å². The number of piperazine rings is 1. The second kappa shape index (κ2) is 8.88. The summed E-state index contributed by atoms with van der Waals surface area (Å²) in [6.07, 6.45) is 2.99. The molecule has 2 fully saturated rings. The lowest BCUT2D eigenvalue weighted by atomic mass is 9.94. The minimum Gasteiger partial charge on any atom is -0.335 e. The summed E-state index contributed by atoms with van der Waals surface area (Å²) >= 11 is 5.89. The fourth-order valence-corrected chi connectivity index (χ4v) is 3.88. The van der Waals surface area contributed by atoms with Crippen molar-refractivity contribution in [3.05, 3.63) is 34.9 Å². The van der Waals surface area contributed by atoms with E-state index >= 15 is 0 Å². The molecule has 2 atom stereocenters. The molecule has 25 heavy (non-hydrogen) atoms. The Balaban J connectivity index is 0.00000225. The number of nitrogens with zero attached hydrogens (tertiary/aromatic N) is 2. The number of hydrogen-bond acceptors (Lipinski definition) is 3. The van der Waals surface area contributed by atoms with E-state index in [0.717, 1.165) is 24.8 Å². The molecule has 138 valence electrons. The first-order chi connectivity index (χ1) is 11.6. The number of carbonyl (C=O) groups is 2. The average molecular weight is 386 g/mol. The zero-order chi connectivity index (χ0) is 17.1. The van der Waals surface area contributed by atoms with Crippen molar-refractivity contribution in [2.75, 3.05) is 26.2 Å². The molecule has 2 aliphatic rings. The molecular weight excluding hydrogens is 361 g/mol. The van der Waals surface area contributed by atoms with Crippen LogP contribution >= 0.6 is 24.0 Å². The van der Waals surface area contributed by atoms with Gasteiger partial charge in [-0.05, 0) is 43.0 Å². The van der Waals surface area contributed by atoms with Crippen LogP contribution in [0.1, 0.15) is 24.8 Å². The van der Waals surface area contributed by atoms with E-state index in [1.165, 1.54) is 0 Å². The van der Waals surface area contributed by atoms with Crippen LogP contribution in [0.3, 0.4) is 0 Å². The maximum atomic E-state index is 12.7. The van der Waals surface area contributed by atoms with Crippen molar-refractivity contribution in [2.24, 2.45) is 17.6 Å². The minimum absolute atomic E-state index is 0. The van der Waals surface area contributed by atoms with E-state index in [9.17, 15) is 9.59 Å². The Kier molecular flexibility index (Phi) is 7.11. The quantitative estimate of drug-likeness (QED) is 0.864. The number of halogens is 2. The molecule has 5 nitrogen and oxygen atoms in total. The van der Waals surface area contributed by atoms with Gasteiger partial charge in [-0.3, -0.25) is 9.59 Å². The zero-order valence-corrected chi connectivity index (χ0v) is 15.8. The fourth-order valence-electron chi connectivity index (χ4n) is 3.75. The minimum atomic E-state index is 0. The molecule has 0 radical (unpaired) electrons. The molecule has 2 N–H and O–H groups in total. The second-order valence-corrected chi connectivity index (χ2v) is 7.17. The summed E-state index contributed by atoms with van der Waals surface area (Å²) < 4.78 is 0. The average Bonchev–Trinajstić information content (AvgIpc) is 3.06. The molecular formula is C18H25Cl2N3O2. The highest BCUT2D eigenvalue weighted by atomic mass is 35.5. The molecule has 0 spiro atoms. The molecule has 1 heterocycles. The molecule has 0 aromatic heterocycles. The van der Waals surface area contributed by atoms with E-state index < -0.39 is 0 Å². The van der Waals surface area contributed by atoms with Gasteiger partial charge in [0.1, 0.15) is 0 Å². The monoisotopic (exact) mass is 385 g/mol. The predicted molar refractivity (Wildman–Crippen MR) is 101 cm³/mol. The number of hydrogen-bond donors (Lipinski definition) is 1. The second-order valence-electron chi connectivity index (χ2n) is 6.73. The highest BCUT2D eigenvalue weighted by Gasteiger charge is 2.37. The van der Waals surface area contributed by atoms with E-state index in [1.807, 2.05) is 29.2 Å². The first kappa shape index (κ1) is 20.0. The van der Waals surface area contributed by atoms with Crippen LogP contribution in [0, 0.1) is 11.8 Å². The normalized spacial score (nSPS) is 23.5. The van der Waals surface area contributed by atoms with Crippen molar-refractivity contribution < 1.29 is 9.59 Å². The Morgan fingerprint density at radius 3 is 2.56 bits per heavy atom. The Bertz CT molecular complexity index is 609. The third-order valence-electron chi connectivity index (χ3n) is 5.20. The molecule has 1 aliphatic carbocycles. The summed E-state index contributed by atoms with van der Waals surface area (Å²) in [7, 11) is 0. The number of rotatable bonds is 4. The molecule has 7 heteroatoms. The third-order valence-corrected chi connectivity index (χ3v) is 5.45. The maximum absolute atomic E-state index is 12.7. The fraction of sp³-hybridized carbons (Fsp3) is 0.556. The van der Waals surface area contributed by atoms with Crippen LogP contribution in [0.5, 0.6) is 0 Å². The molecule has 0 bridgehead atoms. The molecule has 1 aromatic rings. The lowest BCUT2D eigenvalue weighted by molar-refractivity contribution is -0.148. The lowest BCUT2D eigenvalue weighted by Gasteiger charge is -2.36. The molecule has 0 unspecified atom stereocenters. The first-order valence-corrected chi connectivity index (χ1v) is 8.97. The number of amides is 2. The summed E-state index contributed by atoms with van der Waals surface area (Å²) in [6, 6.07) is 7.51. The van der Waals surface area contributed by atoms with Gasteiger partial charge in [0, 0.05) is 30.6 Å². The largest absolute Gasteiger partial charge is 0.335 e. The van der Waals surface area contributed by atoms with Crippen LogP contribution in [-0.4, -0.2) is 47.8 Å².